The van der Waals surface area contributed by atoms with Crippen molar-refractivity contribution in [2.24, 2.45) is 0 Å². The van der Waals surface area contributed by atoms with Gasteiger partial charge in [0.05, 0.1) is 6.10 Å². The molecule has 0 amide bonds. The molecule has 2 rings (SSSR count). The number of benzene rings is 2. The lowest BCUT2D eigenvalue weighted by atomic mass is 10.1. The minimum atomic E-state index is -2.88. The summed E-state index contributed by atoms with van der Waals surface area (Å²) in [5.74, 6) is 0. The molecule has 1 unspecified atom stereocenters. The van der Waals surface area contributed by atoms with Gasteiger partial charge in [0.15, 0.2) is 0 Å². The maximum Gasteiger partial charge on any atom is 0.146 e. The zero-order valence-corrected chi connectivity index (χ0v) is 14.6. The van der Waals surface area contributed by atoms with Gasteiger partial charge in [-0.1, -0.05) is 80.6 Å². The molecule has 0 spiro atoms. The van der Waals surface area contributed by atoms with E-state index in [-0.39, 0.29) is 6.16 Å². The first kappa shape index (κ1) is 17.7. The van der Waals surface area contributed by atoms with E-state index in [9.17, 15) is 9.67 Å². The van der Waals surface area contributed by atoms with Gasteiger partial charge in [-0.25, -0.2) is 0 Å². The molecular weight excluding hydrogens is 303 g/mol. The largest absolute Gasteiger partial charge is 0.388 e. The fourth-order valence-corrected chi connectivity index (χ4v) is 5.41. The molecule has 1 N–H and O–H groups in total. The molecule has 0 saturated heterocycles. The quantitative estimate of drug-likeness (QED) is 0.585. The van der Waals surface area contributed by atoms with Crippen molar-refractivity contribution in [3.63, 3.8) is 0 Å². The Hall–Kier alpha value is -1.63. The molecule has 0 heterocycles. The number of aliphatic hydroxyl groups is 1. The maximum absolute atomic E-state index is 13.8. The Bertz CT molecular complexity index is 621. The second-order valence-electron chi connectivity index (χ2n) is 5.87. The summed E-state index contributed by atoms with van der Waals surface area (Å²) in [7, 11) is -2.88. The van der Waals surface area contributed by atoms with E-state index in [4.69, 9.17) is 0 Å². The third-order valence-corrected chi connectivity index (χ3v) is 7.22. The van der Waals surface area contributed by atoms with Crippen LogP contribution in [0.1, 0.15) is 26.2 Å². The molecule has 0 aliphatic rings. The van der Waals surface area contributed by atoms with E-state index in [1.54, 1.807) is 0 Å². The lowest BCUT2D eigenvalue weighted by Crippen LogP contribution is -2.26. The Balaban J connectivity index is 2.32. The summed E-state index contributed by atoms with van der Waals surface area (Å²) in [6, 6.07) is 18.9. The average molecular weight is 328 g/mol. The van der Waals surface area contributed by atoms with Gasteiger partial charge in [-0.2, -0.15) is 0 Å². The predicted octanol–water partition coefficient (Wildman–Crippen LogP) is 4.11. The topological polar surface area (TPSA) is 37.3 Å². The standard InChI is InChI=1S/C20H25O2P/c1-3-4-11-17(2)20(21)16-23(22,18-12-7-5-8-13-18)19-14-9-6-10-15-19/h5-10,12-15,20-21H,2-4,11,16H2,1H3. The number of unbranched alkanes of at least 4 members (excludes halogenated alkanes) is 1. The van der Waals surface area contributed by atoms with Crippen LogP contribution in [0.25, 0.3) is 0 Å². The molecule has 2 aromatic carbocycles. The molecule has 0 aliphatic heterocycles. The fraction of sp³-hybridized carbons (Fsp3) is 0.300. The Labute approximate surface area is 139 Å². The summed E-state index contributed by atoms with van der Waals surface area (Å²) in [5, 5.41) is 12.1. The number of aliphatic hydroxyl groups excluding tert-OH is 1. The highest BCUT2D eigenvalue weighted by Crippen LogP contribution is 2.44. The van der Waals surface area contributed by atoms with Crippen LogP contribution >= 0.6 is 7.14 Å². The van der Waals surface area contributed by atoms with Crippen LogP contribution in [0.15, 0.2) is 72.8 Å². The molecule has 23 heavy (non-hydrogen) atoms. The third kappa shape index (κ3) is 4.43. The lowest BCUT2D eigenvalue weighted by Gasteiger charge is -2.23. The summed E-state index contributed by atoms with van der Waals surface area (Å²) < 4.78 is 13.8. The monoisotopic (exact) mass is 328 g/mol. The zero-order valence-electron chi connectivity index (χ0n) is 13.7. The normalized spacial score (nSPS) is 12.8. The fourth-order valence-electron chi connectivity index (χ4n) is 2.64. The Morgan fingerprint density at radius 3 is 1.96 bits per heavy atom. The SMILES string of the molecule is C=C(CCCC)C(O)CP(=O)(c1ccccc1)c1ccccc1. The molecular formula is C20H25O2P. The van der Waals surface area contributed by atoms with E-state index >= 15 is 0 Å². The molecule has 0 aliphatic carbocycles. The van der Waals surface area contributed by atoms with Crippen LogP contribution in [-0.4, -0.2) is 17.4 Å². The van der Waals surface area contributed by atoms with Crippen molar-refractivity contribution in [2.75, 3.05) is 6.16 Å². The van der Waals surface area contributed by atoms with Crippen LogP contribution in [0.4, 0.5) is 0 Å². The molecule has 1 atom stereocenters. The van der Waals surface area contributed by atoms with E-state index in [2.05, 4.69) is 13.5 Å². The molecule has 122 valence electrons. The van der Waals surface area contributed by atoms with Crippen LogP contribution in [0, 0.1) is 0 Å². The Kier molecular flexibility index (Phi) is 6.38. The maximum atomic E-state index is 13.8. The predicted molar refractivity (Wildman–Crippen MR) is 99.3 cm³/mol. The minimum Gasteiger partial charge on any atom is -0.388 e. The van der Waals surface area contributed by atoms with Gasteiger partial charge >= 0.3 is 0 Å². The molecule has 0 fully saturated rings. The molecule has 0 radical (unpaired) electrons. The van der Waals surface area contributed by atoms with Gasteiger partial charge in [0.1, 0.15) is 7.14 Å². The van der Waals surface area contributed by atoms with Crippen LogP contribution in [-0.2, 0) is 4.57 Å². The minimum absolute atomic E-state index is 0.212. The van der Waals surface area contributed by atoms with Gasteiger partial charge < -0.3 is 9.67 Å². The van der Waals surface area contributed by atoms with Gasteiger partial charge in [0, 0.05) is 16.8 Å². The van der Waals surface area contributed by atoms with Gasteiger partial charge in [0.2, 0.25) is 0 Å². The number of rotatable bonds is 8. The third-order valence-electron chi connectivity index (χ3n) is 4.10. The van der Waals surface area contributed by atoms with Crippen molar-refractivity contribution in [3.05, 3.63) is 72.8 Å². The molecule has 2 aromatic rings. The van der Waals surface area contributed by atoms with E-state index in [1.165, 1.54) is 0 Å². The first-order chi connectivity index (χ1) is 11.1. The highest BCUT2D eigenvalue weighted by Gasteiger charge is 2.30. The summed E-state index contributed by atoms with van der Waals surface area (Å²) in [6.07, 6.45) is 2.30. The van der Waals surface area contributed by atoms with Crippen LogP contribution in [0.2, 0.25) is 0 Å². The number of hydrogen-bond donors (Lipinski definition) is 1. The first-order valence-electron chi connectivity index (χ1n) is 8.14. The summed E-state index contributed by atoms with van der Waals surface area (Å²) >= 11 is 0. The van der Waals surface area contributed by atoms with Crippen molar-refractivity contribution in [3.8, 4) is 0 Å². The Morgan fingerprint density at radius 1 is 1.04 bits per heavy atom. The second-order valence-corrected chi connectivity index (χ2v) is 8.75. The van der Waals surface area contributed by atoms with Crippen molar-refractivity contribution in [1.29, 1.82) is 0 Å². The van der Waals surface area contributed by atoms with Crippen molar-refractivity contribution >= 4 is 17.8 Å². The van der Waals surface area contributed by atoms with Crippen molar-refractivity contribution in [2.45, 2.75) is 32.3 Å². The summed E-state index contributed by atoms with van der Waals surface area (Å²) in [5.41, 5.74) is 0.777. The van der Waals surface area contributed by atoms with E-state index in [0.29, 0.717) is 0 Å². The molecule has 0 saturated carbocycles. The highest BCUT2D eigenvalue weighted by molar-refractivity contribution is 7.78. The van der Waals surface area contributed by atoms with Gasteiger partial charge in [0.25, 0.3) is 0 Å². The van der Waals surface area contributed by atoms with Gasteiger partial charge in [-0.15, -0.1) is 0 Å². The Morgan fingerprint density at radius 2 is 1.52 bits per heavy atom. The van der Waals surface area contributed by atoms with Gasteiger partial charge in [-0.05, 0) is 18.4 Å². The smallest absolute Gasteiger partial charge is 0.146 e. The van der Waals surface area contributed by atoms with E-state index in [0.717, 1.165) is 35.4 Å². The highest BCUT2D eigenvalue weighted by atomic mass is 31.2. The van der Waals surface area contributed by atoms with Crippen LogP contribution in [0.5, 0.6) is 0 Å². The molecule has 3 heteroatoms. The second kappa shape index (κ2) is 8.29. The molecule has 0 bridgehead atoms. The van der Waals surface area contributed by atoms with E-state index < -0.39 is 13.2 Å². The molecule has 2 nitrogen and oxygen atoms in total. The molecule has 0 aromatic heterocycles. The average Bonchev–Trinajstić information content (AvgIpc) is 2.61. The van der Waals surface area contributed by atoms with Gasteiger partial charge in [-0.3, -0.25) is 0 Å². The van der Waals surface area contributed by atoms with Crippen molar-refractivity contribution < 1.29 is 9.67 Å². The number of hydrogen-bond acceptors (Lipinski definition) is 2. The summed E-state index contributed by atoms with van der Waals surface area (Å²) in [4.78, 5) is 0. The van der Waals surface area contributed by atoms with E-state index in [1.807, 2.05) is 60.7 Å². The zero-order chi connectivity index (χ0) is 16.7. The van der Waals surface area contributed by atoms with Crippen LogP contribution < -0.4 is 10.6 Å². The van der Waals surface area contributed by atoms with Crippen LogP contribution in [0.3, 0.4) is 0 Å². The van der Waals surface area contributed by atoms with Crippen molar-refractivity contribution in [1.82, 2.24) is 0 Å². The first-order valence-corrected chi connectivity index (χ1v) is 10.0. The summed E-state index contributed by atoms with van der Waals surface area (Å²) in [6.45, 7) is 6.10. The lowest BCUT2D eigenvalue weighted by molar-refractivity contribution is 0.229.